The van der Waals surface area contributed by atoms with Gasteiger partial charge in [0, 0.05) is 12.1 Å². The van der Waals surface area contributed by atoms with Crippen LogP contribution in [0.1, 0.15) is 5.56 Å². The Morgan fingerprint density at radius 2 is 2.11 bits per heavy atom. The molecule has 0 bridgehead atoms. The third-order valence-electron chi connectivity index (χ3n) is 2.61. The Morgan fingerprint density at radius 1 is 1.37 bits per heavy atom. The van der Waals surface area contributed by atoms with Crippen molar-refractivity contribution < 1.29 is 14.3 Å². The van der Waals surface area contributed by atoms with Gasteiger partial charge in [-0.2, -0.15) is 0 Å². The molecular weight excluding hydrogens is 262 g/mol. The Bertz CT molecular complexity index is 566. The zero-order chi connectivity index (χ0) is 13.8. The number of imide groups is 1. The second-order valence-corrected chi connectivity index (χ2v) is 4.82. The fraction of sp³-hybridized carbons (Fsp3) is 0.143. The summed E-state index contributed by atoms with van der Waals surface area (Å²) >= 11 is 0.931. The summed E-state index contributed by atoms with van der Waals surface area (Å²) in [4.78, 5) is 25.3. The lowest BCUT2D eigenvalue weighted by Crippen LogP contribution is -2.27. The van der Waals surface area contributed by atoms with Crippen LogP contribution in [0.4, 0.5) is 4.79 Å². The summed E-state index contributed by atoms with van der Waals surface area (Å²) in [6, 6.07) is 7.34. The van der Waals surface area contributed by atoms with E-state index in [1.807, 2.05) is 18.2 Å². The van der Waals surface area contributed by atoms with E-state index in [0.29, 0.717) is 10.7 Å². The highest BCUT2D eigenvalue weighted by Crippen LogP contribution is 2.33. The predicted octanol–water partition coefficient (Wildman–Crippen LogP) is 2.92. The van der Waals surface area contributed by atoms with Crippen LogP contribution in [0.15, 0.2) is 41.8 Å². The minimum absolute atomic E-state index is 0.230. The number of carbonyl (C=O) groups is 2. The largest absolute Gasteiger partial charge is 0.496 e. The monoisotopic (exact) mass is 275 g/mol. The molecule has 0 atom stereocenters. The van der Waals surface area contributed by atoms with Gasteiger partial charge in [-0.3, -0.25) is 14.5 Å². The van der Waals surface area contributed by atoms with Gasteiger partial charge in [-0.25, -0.2) is 0 Å². The van der Waals surface area contributed by atoms with E-state index in [1.165, 1.54) is 11.0 Å². The fourth-order valence-electron chi connectivity index (χ4n) is 1.71. The van der Waals surface area contributed by atoms with E-state index in [1.54, 1.807) is 19.3 Å². The number of rotatable bonds is 4. The zero-order valence-electron chi connectivity index (χ0n) is 10.5. The van der Waals surface area contributed by atoms with Gasteiger partial charge >= 0.3 is 0 Å². The molecule has 0 saturated carbocycles. The fourth-order valence-corrected chi connectivity index (χ4v) is 2.55. The van der Waals surface area contributed by atoms with E-state index in [9.17, 15) is 9.59 Å². The number of amides is 2. The van der Waals surface area contributed by atoms with Gasteiger partial charge in [0.05, 0.1) is 12.0 Å². The number of ether oxygens (including phenoxy) is 1. The molecule has 2 rings (SSSR count). The molecule has 1 fully saturated rings. The maximum Gasteiger partial charge on any atom is 0.293 e. The van der Waals surface area contributed by atoms with Gasteiger partial charge in [0.1, 0.15) is 5.75 Å². The minimum Gasteiger partial charge on any atom is -0.496 e. The Balaban J connectivity index is 2.32. The molecule has 98 valence electrons. The number of thioether (sulfide) groups is 1. The maximum absolute atomic E-state index is 12.0. The molecule has 0 aliphatic carbocycles. The van der Waals surface area contributed by atoms with Gasteiger partial charge in [0.25, 0.3) is 11.1 Å². The van der Waals surface area contributed by atoms with Gasteiger partial charge in [-0.1, -0.05) is 24.3 Å². The number of methoxy groups -OCH3 is 1. The van der Waals surface area contributed by atoms with Crippen LogP contribution in [0.2, 0.25) is 0 Å². The molecule has 0 N–H and O–H groups in total. The topological polar surface area (TPSA) is 46.6 Å². The minimum atomic E-state index is -0.291. The normalized spacial score (nSPS) is 17.1. The summed E-state index contributed by atoms with van der Waals surface area (Å²) in [5.74, 6) is 0.374. The SMILES string of the molecule is C=CCN1C(=O)S/C(=C/c2ccccc2OC)C1=O. The quantitative estimate of drug-likeness (QED) is 0.626. The van der Waals surface area contributed by atoms with Crippen molar-refractivity contribution >= 4 is 29.0 Å². The van der Waals surface area contributed by atoms with Crippen LogP contribution in [0.25, 0.3) is 6.08 Å². The van der Waals surface area contributed by atoms with Crippen LogP contribution in [-0.4, -0.2) is 29.7 Å². The average Bonchev–Trinajstić information content (AvgIpc) is 2.67. The van der Waals surface area contributed by atoms with Crippen molar-refractivity contribution in [3.05, 3.63) is 47.4 Å². The van der Waals surface area contributed by atoms with Crippen molar-refractivity contribution in [2.45, 2.75) is 0 Å². The van der Waals surface area contributed by atoms with Gasteiger partial charge in [0.15, 0.2) is 0 Å². The highest BCUT2D eigenvalue weighted by atomic mass is 32.2. The second-order valence-electron chi connectivity index (χ2n) is 3.82. The first kappa shape index (κ1) is 13.4. The van der Waals surface area contributed by atoms with Crippen molar-refractivity contribution in [1.29, 1.82) is 0 Å². The first-order chi connectivity index (χ1) is 9.17. The van der Waals surface area contributed by atoms with Crippen molar-refractivity contribution in [3.8, 4) is 5.75 Å². The van der Waals surface area contributed by atoms with Crippen LogP contribution in [0, 0.1) is 0 Å². The number of para-hydroxylation sites is 1. The number of hydrogen-bond donors (Lipinski definition) is 0. The maximum atomic E-state index is 12.0. The summed E-state index contributed by atoms with van der Waals surface area (Å²) in [7, 11) is 1.57. The zero-order valence-corrected chi connectivity index (χ0v) is 11.3. The highest BCUT2D eigenvalue weighted by Gasteiger charge is 2.34. The Labute approximate surface area is 115 Å². The molecule has 1 aliphatic rings. The van der Waals surface area contributed by atoms with Crippen molar-refractivity contribution in [1.82, 2.24) is 4.90 Å². The lowest BCUT2D eigenvalue weighted by atomic mass is 10.2. The van der Waals surface area contributed by atoms with Gasteiger partial charge < -0.3 is 4.74 Å². The molecule has 1 heterocycles. The molecular formula is C14H13NO3S. The molecule has 19 heavy (non-hydrogen) atoms. The van der Waals surface area contributed by atoms with E-state index < -0.39 is 0 Å². The third kappa shape index (κ3) is 2.71. The third-order valence-corrected chi connectivity index (χ3v) is 3.52. The molecule has 1 aromatic carbocycles. The van der Waals surface area contributed by atoms with Crippen LogP contribution in [0.3, 0.4) is 0 Å². The van der Waals surface area contributed by atoms with E-state index in [2.05, 4.69) is 6.58 Å². The van der Waals surface area contributed by atoms with Gasteiger partial charge in [-0.15, -0.1) is 6.58 Å². The van der Waals surface area contributed by atoms with Crippen molar-refractivity contribution in [3.63, 3.8) is 0 Å². The number of nitrogens with zero attached hydrogens (tertiary/aromatic N) is 1. The van der Waals surface area contributed by atoms with Gasteiger partial charge in [0.2, 0.25) is 0 Å². The van der Waals surface area contributed by atoms with Crippen LogP contribution < -0.4 is 4.74 Å². The summed E-state index contributed by atoms with van der Waals surface area (Å²) in [6.45, 7) is 3.76. The summed E-state index contributed by atoms with van der Waals surface area (Å²) in [6.07, 6.45) is 3.20. The molecule has 1 saturated heterocycles. The summed E-state index contributed by atoms with van der Waals surface area (Å²) < 4.78 is 5.21. The van der Waals surface area contributed by atoms with E-state index in [-0.39, 0.29) is 17.7 Å². The molecule has 2 amide bonds. The van der Waals surface area contributed by atoms with Crippen molar-refractivity contribution in [2.75, 3.05) is 13.7 Å². The lowest BCUT2D eigenvalue weighted by molar-refractivity contribution is -0.122. The second kappa shape index (κ2) is 5.75. The summed E-state index contributed by atoms with van der Waals surface area (Å²) in [5.41, 5.74) is 0.772. The predicted molar refractivity (Wildman–Crippen MR) is 75.9 cm³/mol. The van der Waals surface area contributed by atoms with E-state index in [4.69, 9.17) is 4.74 Å². The lowest BCUT2D eigenvalue weighted by Gasteiger charge is -2.08. The molecule has 0 spiro atoms. The van der Waals surface area contributed by atoms with Crippen LogP contribution >= 0.6 is 11.8 Å². The Kier molecular flexibility index (Phi) is 4.06. The molecule has 5 heteroatoms. The summed E-state index contributed by atoms with van der Waals surface area (Å²) in [5, 5.41) is -0.272. The standard InChI is InChI=1S/C14H13NO3S/c1-3-8-15-13(16)12(19-14(15)17)9-10-6-4-5-7-11(10)18-2/h3-7,9H,1,8H2,2H3/b12-9+. The Hall–Kier alpha value is -2.01. The van der Waals surface area contributed by atoms with Crippen molar-refractivity contribution in [2.24, 2.45) is 0 Å². The molecule has 1 aromatic rings. The Morgan fingerprint density at radius 3 is 2.79 bits per heavy atom. The first-order valence-corrected chi connectivity index (χ1v) is 6.48. The van der Waals surface area contributed by atoms with Crippen LogP contribution in [0.5, 0.6) is 5.75 Å². The number of benzene rings is 1. The number of hydrogen-bond acceptors (Lipinski definition) is 4. The van der Waals surface area contributed by atoms with Crippen LogP contribution in [-0.2, 0) is 4.79 Å². The molecule has 1 aliphatic heterocycles. The molecule has 4 nitrogen and oxygen atoms in total. The van der Waals surface area contributed by atoms with E-state index in [0.717, 1.165) is 17.3 Å². The smallest absolute Gasteiger partial charge is 0.293 e. The molecule has 0 radical (unpaired) electrons. The van der Waals surface area contributed by atoms with Gasteiger partial charge in [-0.05, 0) is 23.9 Å². The highest BCUT2D eigenvalue weighted by molar-refractivity contribution is 8.18. The molecule has 0 aromatic heterocycles. The first-order valence-electron chi connectivity index (χ1n) is 5.66. The average molecular weight is 275 g/mol. The van der Waals surface area contributed by atoms with E-state index >= 15 is 0 Å². The molecule has 0 unspecified atom stereocenters. The number of carbonyl (C=O) groups excluding carboxylic acids is 2.